The fourth-order valence-electron chi connectivity index (χ4n) is 2.42. The quantitative estimate of drug-likeness (QED) is 0.865. The first-order valence-corrected chi connectivity index (χ1v) is 8.16. The van der Waals surface area contributed by atoms with Gasteiger partial charge in [0.15, 0.2) is 0 Å². The SMILES string of the molecule is CNc1ncc(S(=O)(=O)NCC2Cc3ccccc32)cn1. The second-order valence-electron chi connectivity index (χ2n) is 4.94. The van der Waals surface area contributed by atoms with Crippen molar-refractivity contribution in [3.05, 3.63) is 47.8 Å². The number of rotatable bonds is 5. The molecule has 0 saturated carbocycles. The van der Waals surface area contributed by atoms with Crippen LogP contribution in [-0.2, 0) is 16.4 Å². The predicted molar refractivity (Wildman–Crippen MR) is 79.7 cm³/mol. The Bertz CT molecular complexity index is 744. The van der Waals surface area contributed by atoms with Gasteiger partial charge in [-0.2, -0.15) is 0 Å². The fourth-order valence-corrected chi connectivity index (χ4v) is 3.39. The third-order valence-corrected chi connectivity index (χ3v) is 5.02. The molecule has 0 aliphatic heterocycles. The molecule has 0 saturated heterocycles. The molecule has 6 nitrogen and oxygen atoms in total. The number of hydrogen-bond acceptors (Lipinski definition) is 5. The highest BCUT2D eigenvalue weighted by Gasteiger charge is 2.27. The van der Waals surface area contributed by atoms with Gasteiger partial charge in [-0.1, -0.05) is 24.3 Å². The third-order valence-electron chi connectivity index (χ3n) is 3.64. The summed E-state index contributed by atoms with van der Waals surface area (Å²) in [6, 6.07) is 8.09. The molecule has 110 valence electrons. The van der Waals surface area contributed by atoms with E-state index in [1.807, 2.05) is 18.2 Å². The monoisotopic (exact) mass is 304 g/mol. The molecule has 0 amide bonds. The van der Waals surface area contributed by atoms with E-state index in [-0.39, 0.29) is 10.8 Å². The van der Waals surface area contributed by atoms with E-state index in [0.717, 1.165) is 6.42 Å². The second kappa shape index (κ2) is 5.42. The summed E-state index contributed by atoms with van der Waals surface area (Å²) in [4.78, 5) is 7.92. The van der Waals surface area contributed by atoms with Crippen molar-refractivity contribution < 1.29 is 8.42 Å². The van der Waals surface area contributed by atoms with Crippen LogP contribution in [0.25, 0.3) is 0 Å². The van der Waals surface area contributed by atoms with E-state index in [0.29, 0.717) is 12.5 Å². The van der Waals surface area contributed by atoms with Gasteiger partial charge >= 0.3 is 0 Å². The van der Waals surface area contributed by atoms with E-state index in [4.69, 9.17) is 0 Å². The molecule has 21 heavy (non-hydrogen) atoms. The van der Waals surface area contributed by atoms with Crippen LogP contribution in [0.15, 0.2) is 41.6 Å². The van der Waals surface area contributed by atoms with Crippen LogP contribution in [0.4, 0.5) is 5.95 Å². The maximum atomic E-state index is 12.2. The van der Waals surface area contributed by atoms with Gasteiger partial charge in [0.2, 0.25) is 16.0 Å². The molecule has 1 unspecified atom stereocenters. The molecule has 7 heteroatoms. The summed E-state index contributed by atoms with van der Waals surface area (Å²) in [5.41, 5.74) is 2.52. The van der Waals surface area contributed by atoms with E-state index in [9.17, 15) is 8.42 Å². The summed E-state index contributed by atoms with van der Waals surface area (Å²) >= 11 is 0. The van der Waals surface area contributed by atoms with Gasteiger partial charge < -0.3 is 5.32 Å². The Kier molecular flexibility index (Phi) is 3.60. The first kappa shape index (κ1) is 14.0. The summed E-state index contributed by atoms with van der Waals surface area (Å²) in [5, 5.41) is 2.75. The molecule has 2 N–H and O–H groups in total. The topological polar surface area (TPSA) is 84.0 Å². The van der Waals surface area contributed by atoms with E-state index in [1.54, 1.807) is 7.05 Å². The number of hydrogen-bond donors (Lipinski definition) is 2. The normalized spacial score (nSPS) is 16.9. The zero-order valence-corrected chi connectivity index (χ0v) is 12.4. The van der Waals surface area contributed by atoms with Crippen LogP contribution in [0.1, 0.15) is 17.0 Å². The number of nitrogens with one attached hydrogen (secondary N) is 2. The van der Waals surface area contributed by atoms with Crippen LogP contribution in [0.2, 0.25) is 0 Å². The molecule has 1 aromatic heterocycles. The summed E-state index contributed by atoms with van der Waals surface area (Å²) in [6.07, 6.45) is 3.51. The number of benzene rings is 1. The van der Waals surface area contributed by atoms with Crippen molar-refractivity contribution in [2.45, 2.75) is 17.2 Å². The zero-order valence-electron chi connectivity index (χ0n) is 11.6. The minimum atomic E-state index is -3.56. The highest BCUT2D eigenvalue weighted by molar-refractivity contribution is 7.89. The molecule has 1 heterocycles. The average Bonchev–Trinajstić information content (AvgIpc) is 2.48. The number of nitrogens with zero attached hydrogens (tertiary/aromatic N) is 2. The summed E-state index contributed by atoms with van der Waals surface area (Å²) in [7, 11) is -1.89. The van der Waals surface area contributed by atoms with E-state index < -0.39 is 10.0 Å². The first-order valence-electron chi connectivity index (χ1n) is 6.67. The number of fused-ring (bicyclic) bond motifs is 1. The molecule has 2 aromatic rings. The average molecular weight is 304 g/mol. The first-order chi connectivity index (χ1) is 10.1. The Morgan fingerprint density at radius 3 is 2.62 bits per heavy atom. The fraction of sp³-hybridized carbons (Fsp3) is 0.286. The molecule has 0 fully saturated rings. The molecule has 0 radical (unpaired) electrons. The summed E-state index contributed by atoms with van der Waals surface area (Å²) in [6.45, 7) is 0.396. The molecule has 1 atom stereocenters. The molecule has 0 bridgehead atoms. The Labute approximate surface area is 123 Å². The molecular weight excluding hydrogens is 288 g/mol. The molecule has 3 rings (SSSR count). The Balaban J connectivity index is 1.67. The number of anilines is 1. The Hall–Kier alpha value is -1.99. The zero-order chi connectivity index (χ0) is 14.9. The van der Waals surface area contributed by atoms with Crippen LogP contribution in [-0.4, -0.2) is 32.0 Å². The van der Waals surface area contributed by atoms with Gasteiger partial charge in [-0.15, -0.1) is 0 Å². The lowest BCUT2D eigenvalue weighted by atomic mass is 9.78. The number of sulfonamides is 1. The smallest absolute Gasteiger partial charge is 0.243 e. The maximum absolute atomic E-state index is 12.2. The van der Waals surface area contributed by atoms with Gasteiger partial charge in [-0.3, -0.25) is 0 Å². The minimum Gasteiger partial charge on any atom is -0.357 e. The lowest BCUT2D eigenvalue weighted by Crippen LogP contribution is -2.33. The van der Waals surface area contributed by atoms with Gasteiger partial charge in [0.05, 0.1) is 12.4 Å². The Morgan fingerprint density at radius 1 is 1.24 bits per heavy atom. The summed E-state index contributed by atoms with van der Waals surface area (Å²) < 4.78 is 27.0. The van der Waals surface area contributed by atoms with Gasteiger partial charge in [0.1, 0.15) is 4.90 Å². The van der Waals surface area contributed by atoms with Crippen molar-refractivity contribution in [2.75, 3.05) is 18.9 Å². The third kappa shape index (κ3) is 2.74. The molecule has 0 spiro atoms. The van der Waals surface area contributed by atoms with Crippen molar-refractivity contribution in [1.29, 1.82) is 0 Å². The van der Waals surface area contributed by atoms with Crippen molar-refractivity contribution in [3.8, 4) is 0 Å². The molecule has 1 aliphatic rings. The van der Waals surface area contributed by atoms with Crippen LogP contribution in [0.5, 0.6) is 0 Å². The molecule has 1 aliphatic carbocycles. The van der Waals surface area contributed by atoms with Crippen molar-refractivity contribution >= 4 is 16.0 Å². The lowest BCUT2D eigenvalue weighted by molar-refractivity contribution is 0.551. The summed E-state index contributed by atoms with van der Waals surface area (Å²) in [5.74, 6) is 0.635. The van der Waals surface area contributed by atoms with Gasteiger partial charge in [0, 0.05) is 19.5 Å². The van der Waals surface area contributed by atoms with Crippen LogP contribution < -0.4 is 10.0 Å². The van der Waals surface area contributed by atoms with Crippen molar-refractivity contribution in [3.63, 3.8) is 0 Å². The van der Waals surface area contributed by atoms with Crippen molar-refractivity contribution in [1.82, 2.24) is 14.7 Å². The van der Waals surface area contributed by atoms with Crippen LogP contribution in [0, 0.1) is 0 Å². The van der Waals surface area contributed by atoms with Crippen LogP contribution >= 0.6 is 0 Å². The van der Waals surface area contributed by atoms with Gasteiger partial charge in [0.25, 0.3) is 0 Å². The van der Waals surface area contributed by atoms with E-state index >= 15 is 0 Å². The standard InChI is InChI=1S/C14H16N4O2S/c1-15-14-16-8-12(9-17-14)21(19,20)18-7-11-6-10-4-2-3-5-13(10)11/h2-5,8-9,11,18H,6-7H2,1H3,(H,15,16,17). The van der Waals surface area contributed by atoms with Crippen LogP contribution in [0.3, 0.4) is 0 Å². The Morgan fingerprint density at radius 2 is 1.95 bits per heavy atom. The van der Waals surface area contributed by atoms with E-state index in [1.165, 1.54) is 23.5 Å². The maximum Gasteiger partial charge on any atom is 0.243 e. The predicted octanol–water partition coefficient (Wildman–Crippen LogP) is 1.14. The molecule has 1 aromatic carbocycles. The highest BCUT2D eigenvalue weighted by atomic mass is 32.2. The van der Waals surface area contributed by atoms with Gasteiger partial charge in [-0.25, -0.2) is 23.1 Å². The van der Waals surface area contributed by atoms with E-state index in [2.05, 4.69) is 26.1 Å². The molecular formula is C14H16N4O2S. The number of aromatic nitrogens is 2. The minimum absolute atomic E-state index is 0.0779. The second-order valence-corrected chi connectivity index (χ2v) is 6.71. The largest absolute Gasteiger partial charge is 0.357 e. The lowest BCUT2D eigenvalue weighted by Gasteiger charge is -2.30. The van der Waals surface area contributed by atoms with Crippen molar-refractivity contribution in [2.24, 2.45) is 0 Å². The van der Waals surface area contributed by atoms with Gasteiger partial charge in [-0.05, 0) is 17.5 Å². The highest BCUT2D eigenvalue weighted by Crippen LogP contribution is 2.34.